The summed E-state index contributed by atoms with van der Waals surface area (Å²) in [5.74, 6) is 0. The second-order valence-corrected chi connectivity index (χ2v) is 20.7. The van der Waals surface area contributed by atoms with Crippen LogP contribution in [0.25, 0.3) is 169 Å². The van der Waals surface area contributed by atoms with E-state index in [2.05, 4.69) is 250 Å². The molecule has 0 saturated heterocycles. The van der Waals surface area contributed by atoms with Crippen LogP contribution in [0.4, 0.5) is 0 Å². The minimum atomic E-state index is 0.546. The molecule has 5 heteroatoms. The van der Waals surface area contributed by atoms with E-state index in [9.17, 15) is 5.26 Å². The molecule has 0 unspecified atom stereocenters. The molecule has 18 aromatic rings. The summed E-state index contributed by atoms with van der Waals surface area (Å²) in [5, 5.41) is 34.1. The lowest BCUT2D eigenvalue weighted by atomic mass is 9.88. The third kappa shape index (κ3) is 5.05. The van der Waals surface area contributed by atoms with Gasteiger partial charge in [-0.1, -0.05) is 194 Å². The topological polar surface area (TPSA) is 51.5 Å². The van der Waals surface area contributed by atoms with Gasteiger partial charge in [0.25, 0.3) is 0 Å². The van der Waals surface area contributed by atoms with Crippen molar-refractivity contribution in [3.05, 3.63) is 242 Å². The molecule has 14 aromatic carbocycles. The van der Waals surface area contributed by atoms with Crippen molar-refractivity contribution < 1.29 is 0 Å². The summed E-state index contributed by atoms with van der Waals surface area (Å²) in [6, 6.07) is 87.0. The number of hydrogen-bond donors (Lipinski definition) is 0. The highest BCUT2D eigenvalue weighted by molar-refractivity contribution is 6.37. The fraction of sp³-hybridized carbons (Fsp3) is 0. The molecule has 0 saturated carbocycles. The Morgan fingerprint density at radius 1 is 0.273 bits per heavy atom. The Morgan fingerprint density at radius 2 is 0.571 bits per heavy atom. The lowest BCUT2D eigenvalue weighted by molar-refractivity contribution is 1.08. The van der Waals surface area contributed by atoms with Crippen LogP contribution >= 0.6 is 0 Å². The SMILES string of the molecule is N#Cc1c(-n2c3cccc4c5ccccc5c5cccc2c5c43)c(-c2ccccc2)c(-n2c3cccc4c5ccccc5c5cccc2c5c43)c(-c2ccccc2)c1-n1c2cccc3c4ccccc4c4ccnc1c4c32. The van der Waals surface area contributed by atoms with E-state index < -0.39 is 0 Å². The molecule has 4 heterocycles. The summed E-state index contributed by atoms with van der Waals surface area (Å²) in [6.45, 7) is 0. The Labute approximate surface area is 439 Å². The zero-order chi connectivity index (χ0) is 50.2. The molecule has 0 aliphatic carbocycles. The average molecular weight is 974 g/mol. The monoisotopic (exact) mass is 973 g/mol. The van der Waals surface area contributed by atoms with E-state index in [4.69, 9.17) is 4.98 Å². The average Bonchev–Trinajstić information content (AvgIpc) is 4.32. The van der Waals surface area contributed by atoms with E-state index in [1.165, 1.54) is 75.4 Å². The molecule has 4 aromatic heterocycles. The highest BCUT2D eigenvalue weighted by Gasteiger charge is 2.35. The summed E-state index contributed by atoms with van der Waals surface area (Å²) in [6.07, 6.45) is 1.95. The molecule has 5 nitrogen and oxygen atoms in total. The van der Waals surface area contributed by atoms with Gasteiger partial charge in [0.2, 0.25) is 0 Å². The molecule has 0 spiro atoms. The van der Waals surface area contributed by atoms with E-state index in [0.717, 1.165) is 94.1 Å². The molecule has 0 radical (unpaired) electrons. The van der Waals surface area contributed by atoms with Crippen LogP contribution in [0.2, 0.25) is 0 Å². The molecule has 0 fully saturated rings. The fourth-order valence-corrected chi connectivity index (χ4v) is 14.3. The third-order valence-electron chi connectivity index (χ3n) is 17.2. The van der Waals surface area contributed by atoms with Crippen LogP contribution in [0.15, 0.2) is 237 Å². The van der Waals surface area contributed by atoms with Crippen LogP contribution in [-0.4, -0.2) is 18.7 Å². The van der Waals surface area contributed by atoms with Crippen LogP contribution in [0.5, 0.6) is 0 Å². The Hall–Kier alpha value is -10.5. The van der Waals surface area contributed by atoms with E-state index in [0.29, 0.717) is 5.56 Å². The van der Waals surface area contributed by atoms with Crippen molar-refractivity contribution >= 4 is 130 Å². The number of benzene rings is 14. The number of rotatable bonds is 5. The van der Waals surface area contributed by atoms with Gasteiger partial charge in [-0.25, -0.2) is 4.98 Å². The maximum Gasteiger partial charge on any atom is 0.146 e. The maximum absolute atomic E-state index is 12.8. The Bertz CT molecular complexity index is 5070. The van der Waals surface area contributed by atoms with Crippen molar-refractivity contribution in [1.29, 1.82) is 5.26 Å². The summed E-state index contributed by atoms with van der Waals surface area (Å²) < 4.78 is 7.34. The fourth-order valence-electron chi connectivity index (χ4n) is 14.3. The zero-order valence-corrected chi connectivity index (χ0v) is 41.3. The van der Waals surface area contributed by atoms with E-state index in [1.807, 2.05) is 6.20 Å². The van der Waals surface area contributed by atoms with Crippen LogP contribution < -0.4 is 0 Å². The summed E-state index contributed by atoms with van der Waals surface area (Å²) in [4.78, 5) is 5.43. The Kier molecular flexibility index (Phi) is 7.87. The largest absolute Gasteiger partial charge is 0.308 e. The predicted molar refractivity (Wildman–Crippen MR) is 321 cm³/mol. The third-order valence-corrected chi connectivity index (χ3v) is 17.2. The molecule has 0 amide bonds. The summed E-state index contributed by atoms with van der Waals surface area (Å²) >= 11 is 0. The number of hydrogen-bond acceptors (Lipinski definition) is 2. The first-order valence-corrected chi connectivity index (χ1v) is 26.4. The first kappa shape index (κ1) is 40.9. The first-order chi connectivity index (χ1) is 38.3. The first-order valence-electron chi connectivity index (χ1n) is 26.4. The van der Waals surface area contributed by atoms with Crippen molar-refractivity contribution in [2.24, 2.45) is 0 Å². The molecule has 18 rings (SSSR count). The molecular formula is C72H39N5. The van der Waals surface area contributed by atoms with Gasteiger partial charge >= 0.3 is 0 Å². The van der Waals surface area contributed by atoms with Gasteiger partial charge in [-0.05, 0) is 112 Å². The van der Waals surface area contributed by atoms with Gasteiger partial charge in [0, 0.05) is 49.6 Å². The highest BCUT2D eigenvalue weighted by Crippen LogP contribution is 2.55. The minimum Gasteiger partial charge on any atom is -0.308 e. The molecule has 0 bridgehead atoms. The number of nitriles is 1. The lowest BCUT2D eigenvalue weighted by Gasteiger charge is -2.28. The van der Waals surface area contributed by atoms with Crippen LogP contribution in [0.1, 0.15) is 5.56 Å². The van der Waals surface area contributed by atoms with E-state index >= 15 is 0 Å². The quantitative estimate of drug-likeness (QED) is 0.161. The Morgan fingerprint density at radius 3 is 0.948 bits per heavy atom. The second-order valence-electron chi connectivity index (χ2n) is 20.7. The maximum atomic E-state index is 12.8. The number of aromatic nitrogens is 4. The molecule has 352 valence electrons. The van der Waals surface area contributed by atoms with Gasteiger partial charge in [-0.15, -0.1) is 0 Å². The lowest BCUT2D eigenvalue weighted by Crippen LogP contribution is -2.13. The van der Waals surface area contributed by atoms with Gasteiger partial charge in [0.05, 0.1) is 44.6 Å². The van der Waals surface area contributed by atoms with Crippen molar-refractivity contribution in [2.45, 2.75) is 0 Å². The summed E-state index contributed by atoms with van der Waals surface area (Å²) in [7, 11) is 0. The summed E-state index contributed by atoms with van der Waals surface area (Å²) in [5.41, 5.74) is 13.0. The van der Waals surface area contributed by atoms with Gasteiger partial charge in [-0.2, -0.15) is 5.26 Å². The normalized spacial score (nSPS) is 12.4. The number of pyridine rings is 1. The standard InChI is InChI=1S/C72H39N5/c73-40-55-69(75-56-33-13-28-49-43-22-7-8-23-44(43)50-29-14-34-57(75)64(50)63(49)56)61(41-18-3-1-4-19-41)71(76-58-35-15-30-51-45-24-9-10-25-46(45)52-31-16-36-59(76)66(52)65(51)58)62(42-20-5-2-6-21-42)70(55)77-60-37-17-32-53-47-26-11-12-27-48(47)54-38-39-74-72(77)68(54)67(53)60/h1-39H. The molecule has 0 N–H and O–H groups in total. The van der Waals surface area contributed by atoms with Crippen molar-refractivity contribution in [3.8, 4) is 45.4 Å². The van der Waals surface area contributed by atoms with Crippen LogP contribution in [0, 0.1) is 11.3 Å². The molecule has 0 aliphatic heterocycles. The van der Waals surface area contributed by atoms with Crippen molar-refractivity contribution in [3.63, 3.8) is 0 Å². The highest BCUT2D eigenvalue weighted by atomic mass is 15.1. The second kappa shape index (κ2) is 14.8. The van der Waals surface area contributed by atoms with Gasteiger partial charge in [0.1, 0.15) is 17.3 Å². The molecule has 77 heavy (non-hydrogen) atoms. The Balaban J connectivity index is 1.17. The smallest absolute Gasteiger partial charge is 0.146 e. The van der Waals surface area contributed by atoms with Crippen LogP contribution in [-0.2, 0) is 0 Å². The molecular weight excluding hydrogens is 935 g/mol. The van der Waals surface area contributed by atoms with Gasteiger partial charge in [0.15, 0.2) is 0 Å². The zero-order valence-electron chi connectivity index (χ0n) is 41.3. The number of fused-ring (bicyclic) bond motifs is 9. The van der Waals surface area contributed by atoms with Crippen molar-refractivity contribution in [2.75, 3.05) is 0 Å². The van der Waals surface area contributed by atoms with E-state index in [1.54, 1.807) is 0 Å². The number of nitrogens with zero attached hydrogens (tertiary/aromatic N) is 5. The predicted octanol–water partition coefficient (Wildman–Crippen LogP) is 18.8. The van der Waals surface area contributed by atoms with Crippen LogP contribution in [0.3, 0.4) is 0 Å². The van der Waals surface area contributed by atoms with Gasteiger partial charge in [-0.3, -0.25) is 4.57 Å². The molecule has 0 aliphatic rings. The van der Waals surface area contributed by atoms with Gasteiger partial charge < -0.3 is 9.13 Å². The van der Waals surface area contributed by atoms with E-state index in [-0.39, 0.29) is 0 Å². The minimum absolute atomic E-state index is 0.546. The molecule has 0 atom stereocenters. The van der Waals surface area contributed by atoms with Crippen molar-refractivity contribution in [1.82, 2.24) is 18.7 Å².